The summed E-state index contributed by atoms with van der Waals surface area (Å²) in [6, 6.07) is 7.92. The fourth-order valence-electron chi connectivity index (χ4n) is 6.32. The first-order chi connectivity index (χ1) is 18.0. The number of ether oxygens (including phenoxy) is 1. The van der Waals surface area contributed by atoms with Gasteiger partial charge in [0, 0.05) is 43.6 Å². The van der Waals surface area contributed by atoms with Crippen LogP contribution in [-0.4, -0.2) is 79.4 Å². The van der Waals surface area contributed by atoms with Gasteiger partial charge < -0.3 is 19.1 Å². The van der Waals surface area contributed by atoms with Crippen molar-refractivity contribution >= 4 is 15.9 Å². The smallest absolute Gasteiger partial charge is 0.249 e. The third kappa shape index (κ3) is 5.86. The number of fused-ring (bicyclic) bond motifs is 1. The molecule has 0 N–H and O–H groups in total. The second-order valence-electron chi connectivity index (χ2n) is 11.2. The Hall–Kier alpha value is -2.20. The maximum absolute atomic E-state index is 13.8. The number of nitrogens with zero attached hydrogens (tertiary/aromatic N) is 4. The molecule has 1 amide bonds. The minimum Gasteiger partial charge on any atom is -0.370 e. The molecule has 2 aliphatic rings. The lowest BCUT2D eigenvalue weighted by Crippen LogP contribution is -2.47. The van der Waals surface area contributed by atoms with E-state index in [1.165, 1.54) is 11.4 Å². The Morgan fingerprint density at radius 1 is 1.05 bits per heavy atom. The molecule has 9 heteroatoms. The molecule has 0 bridgehead atoms. The fourth-order valence-corrected chi connectivity index (χ4v) is 8.41. The summed E-state index contributed by atoms with van der Waals surface area (Å²) >= 11 is 0. The number of hydrogen-bond acceptors (Lipinski definition) is 5. The molecule has 1 fully saturated rings. The molecule has 1 aromatic heterocycles. The summed E-state index contributed by atoms with van der Waals surface area (Å²) in [5.74, 6) is -0.0334. The monoisotopic (exact) mass is 544 g/mol. The van der Waals surface area contributed by atoms with Crippen molar-refractivity contribution < 1.29 is 17.9 Å². The normalized spacial score (nSPS) is 20.7. The molecule has 0 radical (unpaired) electrons. The first kappa shape index (κ1) is 28.8. The van der Waals surface area contributed by atoms with E-state index in [0.717, 1.165) is 55.5 Å². The molecule has 1 saturated heterocycles. The molecular formula is C29H44N4O4S. The van der Waals surface area contributed by atoms with Crippen molar-refractivity contribution in [2.45, 2.75) is 83.4 Å². The van der Waals surface area contributed by atoms with Gasteiger partial charge in [0.15, 0.2) is 0 Å². The third-order valence-corrected chi connectivity index (χ3v) is 10.1. The second kappa shape index (κ2) is 11.9. The van der Waals surface area contributed by atoms with Crippen LogP contribution in [0.1, 0.15) is 66.7 Å². The Bertz CT molecular complexity index is 1230. The summed E-state index contributed by atoms with van der Waals surface area (Å²) in [6.07, 6.45) is 3.36. The number of amides is 1. The van der Waals surface area contributed by atoms with Gasteiger partial charge in [-0.1, -0.05) is 31.0 Å². The predicted octanol–water partition coefficient (Wildman–Crippen LogP) is 4.03. The van der Waals surface area contributed by atoms with Gasteiger partial charge in [-0.3, -0.25) is 4.79 Å². The van der Waals surface area contributed by atoms with Crippen molar-refractivity contribution in [1.29, 1.82) is 0 Å². The van der Waals surface area contributed by atoms with E-state index >= 15 is 0 Å². The molecular weight excluding hydrogens is 500 g/mol. The van der Waals surface area contributed by atoms with Crippen LogP contribution in [0.15, 0.2) is 29.2 Å². The van der Waals surface area contributed by atoms with Crippen molar-refractivity contribution in [3.05, 3.63) is 52.3 Å². The zero-order valence-electron chi connectivity index (χ0n) is 23.9. The number of carbonyl (C=O) groups is 1. The van der Waals surface area contributed by atoms with Gasteiger partial charge in [-0.15, -0.1) is 0 Å². The van der Waals surface area contributed by atoms with Crippen LogP contribution in [-0.2, 0) is 32.6 Å². The molecule has 2 atom stereocenters. The molecule has 2 unspecified atom stereocenters. The van der Waals surface area contributed by atoms with Crippen LogP contribution in [0.4, 0.5) is 0 Å². The number of hydrogen-bond donors (Lipinski definition) is 0. The maximum Gasteiger partial charge on any atom is 0.249 e. The number of piperidine rings is 1. The van der Waals surface area contributed by atoms with Crippen molar-refractivity contribution in [2.75, 3.05) is 40.4 Å². The number of rotatable bonds is 9. The van der Waals surface area contributed by atoms with Crippen LogP contribution in [0.3, 0.4) is 0 Å². The van der Waals surface area contributed by atoms with E-state index in [2.05, 4.69) is 42.6 Å². The number of sulfonamides is 1. The van der Waals surface area contributed by atoms with Gasteiger partial charge in [0.2, 0.25) is 15.9 Å². The third-order valence-electron chi connectivity index (χ3n) is 7.85. The molecule has 0 spiro atoms. The fraction of sp³-hybridized carbons (Fsp3) is 0.621. The average Bonchev–Trinajstić information content (AvgIpc) is 3.24. The summed E-state index contributed by atoms with van der Waals surface area (Å²) in [5.41, 5.74) is 5.05. The number of aryl methyl sites for hydroxylation is 3. The topological polar surface area (TPSA) is 75.1 Å². The predicted molar refractivity (Wildman–Crippen MR) is 150 cm³/mol. The van der Waals surface area contributed by atoms with Crippen LogP contribution in [0.5, 0.6) is 0 Å². The van der Waals surface area contributed by atoms with Gasteiger partial charge in [0.1, 0.15) is 6.61 Å². The molecule has 1 aromatic carbocycles. The van der Waals surface area contributed by atoms with E-state index in [1.807, 2.05) is 37.8 Å². The quantitative estimate of drug-likeness (QED) is 0.477. The highest BCUT2D eigenvalue weighted by Crippen LogP contribution is 2.32. The molecule has 2 aliphatic heterocycles. The van der Waals surface area contributed by atoms with Crippen LogP contribution in [0.2, 0.25) is 0 Å². The zero-order chi connectivity index (χ0) is 27.6. The molecule has 210 valence electrons. The van der Waals surface area contributed by atoms with E-state index in [4.69, 9.17) is 4.74 Å². The van der Waals surface area contributed by atoms with Crippen LogP contribution >= 0.6 is 0 Å². The first-order valence-electron chi connectivity index (χ1n) is 13.8. The molecule has 0 aliphatic carbocycles. The summed E-state index contributed by atoms with van der Waals surface area (Å²) in [6.45, 7) is 10.8. The Kier molecular flexibility index (Phi) is 9.02. The van der Waals surface area contributed by atoms with E-state index < -0.39 is 10.0 Å². The maximum atomic E-state index is 13.8. The molecule has 3 heterocycles. The lowest BCUT2D eigenvalue weighted by Gasteiger charge is -2.38. The van der Waals surface area contributed by atoms with Crippen molar-refractivity contribution in [3.63, 3.8) is 0 Å². The summed E-state index contributed by atoms with van der Waals surface area (Å²) in [5, 5.41) is 0. The molecule has 4 rings (SSSR count). The second-order valence-corrected chi connectivity index (χ2v) is 13.0. The molecule has 8 nitrogen and oxygen atoms in total. The lowest BCUT2D eigenvalue weighted by molar-refractivity contribution is -0.140. The van der Waals surface area contributed by atoms with Gasteiger partial charge in [-0.05, 0) is 77.4 Å². The van der Waals surface area contributed by atoms with E-state index in [-0.39, 0.29) is 31.2 Å². The van der Waals surface area contributed by atoms with Crippen molar-refractivity contribution in [2.24, 2.45) is 0 Å². The average molecular weight is 545 g/mol. The van der Waals surface area contributed by atoms with Crippen molar-refractivity contribution in [3.8, 4) is 0 Å². The van der Waals surface area contributed by atoms with Crippen molar-refractivity contribution in [1.82, 2.24) is 18.7 Å². The lowest BCUT2D eigenvalue weighted by atomic mass is 10.1. The molecule has 0 saturated carbocycles. The Morgan fingerprint density at radius 2 is 1.76 bits per heavy atom. The minimum atomic E-state index is -3.66. The SMILES string of the molecule is CCC1c2ccc(CN(C)C)n2CCN1C(=O)COCC1CCCCN1S(=O)(=O)c1c(C)cc(C)cc1C. The molecule has 2 aromatic rings. The van der Waals surface area contributed by atoms with Crippen LogP contribution < -0.4 is 0 Å². The highest BCUT2D eigenvalue weighted by atomic mass is 32.2. The minimum absolute atomic E-state index is 0.0230. The number of aromatic nitrogens is 1. The number of benzene rings is 1. The van der Waals surface area contributed by atoms with Gasteiger partial charge in [0.25, 0.3) is 0 Å². The van der Waals surface area contributed by atoms with Crippen LogP contribution in [0.25, 0.3) is 0 Å². The highest BCUT2D eigenvalue weighted by molar-refractivity contribution is 7.89. The summed E-state index contributed by atoms with van der Waals surface area (Å²) in [7, 11) is 0.468. The summed E-state index contributed by atoms with van der Waals surface area (Å²) in [4.78, 5) is 17.8. The van der Waals surface area contributed by atoms with E-state index in [9.17, 15) is 13.2 Å². The zero-order valence-corrected chi connectivity index (χ0v) is 24.7. The Balaban J connectivity index is 1.42. The Morgan fingerprint density at radius 3 is 2.42 bits per heavy atom. The largest absolute Gasteiger partial charge is 0.370 e. The number of carbonyl (C=O) groups excluding carboxylic acids is 1. The highest BCUT2D eigenvalue weighted by Gasteiger charge is 2.36. The Labute approximate surface area is 228 Å². The molecule has 38 heavy (non-hydrogen) atoms. The van der Waals surface area contributed by atoms with E-state index in [1.54, 1.807) is 4.31 Å². The first-order valence-corrected chi connectivity index (χ1v) is 15.3. The van der Waals surface area contributed by atoms with Gasteiger partial charge in [-0.25, -0.2) is 8.42 Å². The van der Waals surface area contributed by atoms with Crippen LogP contribution in [0, 0.1) is 20.8 Å². The standard InChI is InChI=1S/C29H44N4O4S/c1-7-26-27-12-11-24(18-30(5)6)31(27)14-15-32(26)28(34)20-37-19-25-10-8-9-13-33(25)38(35,36)29-22(3)16-21(2)17-23(29)4/h11-12,16-17,25-26H,7-10,13-15,18-20H2,1-6H3. The van der Waals surface area contributed by atoms with Gasteiger partial charge >= 0.3 is 0 Å². The van der Waals surface area contributed by atoms with Gasteiger partial charge in [0.05, 0.1) is 17.5 Å². The van der Waals surface area contributed by atoms with E-state index in [0.29, 0.717) is 18.0 Å². The summed E-state index contributed by atoms with van der Waals surface area (Å²) < 4.78 is 37.4. The van der Waals surface area contributed by atoms with Gasteiger partial charge in [-0.2, -0.15) is 4.31 Å².